The maximum atomic E-state index is 3.63. The zero-order valence-electron chi connectivity index (χ0n) is 11.5. The number of aryl methyl sites for hydroxylation is 1. The number of halogens is 1. The molecule has 1 unspecified atom stereocenters. The molecular formula is C17H20BrN. The van der Waals surface area contributed by atoms with Gasteiger partial charge in [-0.25, -0.2) is 0 Å². The van der Waals surface area contributed by atoms with Crippen molar-refractivity contribution in [2.24, 2.45) is 0 Å². The predicted molar refractivity (Wildman–Crippen MR) is 85.5 cm³/mol. The highest BCUT2D eigenvalue weighted by molar-refractivity contribution is 9.10. The first-order valence-electron chi connectivity index (χ1n) is 6.76. The highest BCUT2D eigenvalue weighted by atomic mass is 79.9. The van der Waals surface area contributed by atoms with Crippen molar-refractivity contribution in [3.63, 3.8) is 0 Å². The zero-order valence-corrected chi connectivity index (χ0v) is 13.1. The summed E-state index contributed by atoms with van der Waals surface area (Å²) < 4.78 is 1.17. The van der Waals surface area contributed by atoms with Gasteiger partial charge in [0.15, 0.2) is 0 Å². The van der Waals surface area contributed by atoms with Gasteiger partial charge in [0, 0.05) is 4.47 Å². The normalized spacial score (nSPS) is 12.4. The van der Waals surface area contributed by atoms with Crippen LogP contribution in [-0.2, 0) is 0 Å². The third-order valence-electron chi connectivity index (χ3n) is 3.25. The van der Waals surface area contributed by atoms with E-state index in [1.807, 2.05) is 0 Å². The van der Waals surface area contributed by atoms with Crippen LogP contribution in [0.15, 0.2) is 53.0 Å². The van der Waals surface area contributed by atoms with Gasteiger partial charge in [-0.2, -0.15) is 0 Å². The summed E-state index contributed by atoms with van der Waals surface area (Å²) in [6, 6.07) is 17.5. The predicted octanol–water partition coefficient (Wildman–Crippen LogP) is 4.85. The summed E-state index contributed by atoms with van der Waals surface area (Å²) in [5.74, 6) is 0. The molecule has 1 nitrogen and oxygen atoms in total. The van der Waals surface area contributed by atoms with Crippen LogP contribution >= 0.6 is 15.9 Å². The molecule has 19 heavy (non-hydrogen) atoms. The molecule has 100 valence electrons. The molecule has 0 aliphatic carbocycles. The maximum absolute atomic E-state index is 3.63. The van der Waals surface area contributed by atoms with Crippen LogP contribution in [0.3, 0.4) is 0 Å². The Labute approximate surface area is 124 Å². The van der Waals surface area contributed by atoms with Crippen LogP contribution < -0.4 is 5.32 Å². The maximum Gasteiger partial charge on any atom is 0.0576 e. The van der Waals surface area contributed by atoms with Gasteiger partial charge in [0.1, 0.15) is 0 Å². The summed E-state index contributed by atoms with van der Waals surface area (Å²) in [5, 5.41) is 3.63. The zero-order chi connectivity index (χ0) is 13.7. The molecule has 0 aliphatic heterocycles. The summed E-state index contributed by atoms with van der Waals surface area (Å²) in [6.07, 6.45) is 1.14. The molecule has 0 aliphatic rings. The molecule has 2 rings (SSSR count). The average molecular weight is 318 g/mol. The Morgan fingerprint density at radius 2 is 1.79 bits per heavy atom. The third kappa shape index (κ3) is 3.68. The minimum Gasteiger partial charge on any atom is -0.306 e. The van der Waals surface area contributed by atoms with Crippen molar-refractivity contribution in [1.82, 2.24) is 5.32 Å². The molecule has 2 aromatic carbocycles. The Bertz CT molecular complexity index is 522. The van der Waals surface area contributed by atoms with Crippen molar-refractivity contribution < 1.29 is 0 Å². The van der Waals surface area contributed by atoms with Crippen LogP contribution in [0.2, 0.25) is 0 Å². The lowest BCUT2D eigenvalue weighted by Crippen LogP contribution is -2.23. The van der Waals surface area contributed by atoms with Crippen molar-refractivity contribution in [3.05, 3.63) is 69.7 Å². The number of nitrogens with one attached hydrogen (secondary N) is 1. The minimum absolute atomic E-state index is 0.271. The van der Waals surface area contributed by atoms with E-state index in [2.05, 4.69) is 83.6 Å². The van der Waals surface area contributed by atoms with E-state index in [9.17, 15) is 0 Å². The molecule has 0 aromatic heterocycles. The number of hydrogen-bond acceptors (Lipinski definition) is 1. The molecule has 0 saturated heterocycles. The molecule has 0 radical (unpaired) electrons. The van der Waals surface area contributed by atoms with Crippen molar-refractivity contribution in [1.29, 1.82) is 0 Å². The Balaban J connectivity index is 2.34. The Kier molecular flexibility index (Phi) is 5.17. The van der Waals surface area contributed by atoms with Gasteiger partial charge in [-0.15, -0.1) is 0 Å². The molecule has 2 aromatic rings. The van der Waals surface area contributed by atoms with Crippen molar-refractivity contribution in [3.8, 4) is 0 Å². The van der Waals surface area contributed by atoms with Crippen LogP contribution in [0, 0.1) is 6.92 Å². The highest BCUT2D eigenvalue weighted by Gasteiger charge is 2.13. The van der Waals surface area contributed by atoms with Crippen LogP contribution in [0.25, 0.3) is 0 Å². The third-order valence-corrected chi connectivity index (χ3v) is 4.14. The van der Waals surface area contributed by atoms with Crippen molar-refractivity contribution in [2.45, 2.75) is 26.3 Å². The van der Waals surface area contributed by atoms with Crippen LogP contribution in [0.5, 0.6) is 0 Å². The molecule has 1 N–H and O–H groups in total. The van der Waals surface area contributed by atoms with Gasteiger partial charge in [0.2, 0.25) is 0 Å². The molecule has 2 heteroatoms. The van der Waals surface area contributed by atoms with Gasteiger partial charge in [0.25, 0.3) is 0 Å². The number of benzene rings is 2. The first kappa shape index (κ1) is 14.3. The summed E-state index contributed by atoms with van der Waals surface area (Å²) in [4.78, 5) is 0. The van der Waals surface area contributed by atoms with Gasteiger partial charge in [0.05, 0.1) is 6.04 Å². The molecule has 0 bridgehead atoms. The van der Waals surface area contributed by atoms with E-state index >= 15 is 0 Å². The van der Waals surface area contributed by atoms with E-state index in [0.29, 0.717) is 0 Å². The van der Waals surface area contributed by atoms with E-state index in [1.165, 1.54) is 21.2 Å². The summed E-state index contributed by atoms with van der Waals surface area (Å²) in [6.45, 7) is 5.35. The van der Waals surface area contributed by atoms with E-state index in [1.54, 1.807) is 0 Å². The molecule has 0 saturated carbocycles. The fourth-order valence-corrected chi connectivity index (χ4v) is 2.46. The monoisotopic (exact) mass is 317 g/mol. The first-order chi connectivity index (χ1) is 9.22. The first-order valence-corrected chi connectivity index (χ1v) is 7.56. The summed E-state index contributed by atoms with van der Waals surface area (Å²) in [5.41, 5.74) is 3.91. The Morgan fingerprint density at radius 3 is 2.42 bits per heavy atom. The average Bonchev–Trinajstić information content (AvgIpc) is 2.44. The van der Waals surface area contributed by atoms with Crippen LogP contribution in [0.4, 0.5) is 0 Å². The fourth-order valence-electron chi connectivity index (χ4n) is 2.21. The molecule has 0 heterocycles. The smallest absolute Gasteiger partial charge is 0.0576 e. The topological polar surface area (TPSA) is 12.0 Å². The number of hydrogen-bond donors (Lipinski definition) is 1. The second-order valence-corrected chi connectivity index (χ2v) is 5.66. The van der Waals surface area contributed by atoms with Crippen molar-refractivity contribution >= 4 is 15.9 Å². The van der Waals surface area contributed by atoms with E-state index in [0.717, 1.165) is 13.0 Å². The molecule has 0 amide bonds. The molecule has 0 spiro atoms. The summed E-state index contributed by atoms with van der Waals surface area (Å²) >= 11 is 3.57. The largest absolute Gasteiger partial charge is 0.306 e. The lowest BCUT2D eigenvalue weighted by Gasteiger charge is -2.20. The SMILES string of the molecule is CCCNC(c1ccccc1)c1ccc(Br)c(C)c1. The number of rotatable bonds is 5. The standard InChI is InChI=1S/C17H20BrN/c1-3-11-19-17(14-7-5-4-6-8-14)15-9-10-16(18)13(2)12-15/h4-10,12,17,19H,3,11H2,1-2H3. The van der Waals surface area contributed by atoms with Gasteiger partial charge in [-0.1, -0.05) is 65.3 Å². The Hall–Kier alpha value is -1.12. The van der Waals surface area contributed by atoms with E-state index in [4.69, 9.17) is 0 Å². The Morgan fingerprint density at radius 1 is 1.05 bits per heavy atom. The van der Waals surface area contributed by atoms with Gasteiger partial charge in [-0.3, -0.25) is 0 Å². The van der Waals surface area contributed by atoms with Crippen LogP contribution in [-0.4, -0.2) is 6.54 Å². The fraction of sp³-hybridized carbons (Fsp3) is 0.294. The van der Waals surface area contributed by atoms with E-state index in [-0.39, 0.29) is 6.04 Å². The minimum atomic E-state index is 0.271. The quantitative estimate of drug-likeness (QED) is 0.831. The molecular weight excluding hydrogens is 298 g/mol. The highest BCUT2D eigenvalue weighted by Crippen LogP contribution is 2.26. The van der Waals surface area contributed by atoms with E-state index < -0.39 is 0 Å². The van der Waals surface area contributed by atoms with Gasteiger partial charge >= 0.3 is 0 Å². The molecule has 1 atom stereocenters. The second kappa shape index (κ2) is 6.88. The van der Waals surface area contributed by atoms with Gasteiger partial charge in [-0.05, 0) is 42.6 Å². The lowest BCUT2D eigenvalue weighted by molar-refractivity contribution is 0.598. The van der Waals surface area contributed by atoms with Crippen molar-refractivity contribution in [2.75, 3.05) is 6.54 Å². The molecule has 0 fully saturated rings. The van der Waals surface area contributed by atoms with Gasteiger partial charge < -0.3 is 5.32 Å². The van der Waals surface area contributed by atoms with Crippen LogP contribution in [0.1, 0.15) is 36.1 Å². The lowest BCUT2D eigenvalue weighted by atomic mass is 9.97. The summed E-state index contributed by atoms with van der Waals surface area (Å²) in [7, 11) is 0. The second-order valence-electron chi connectivity index (χ2n) is 4.81.